The van der Waals surface area contributed by atoms with Crippen LogP contribution >= 0.6 is 15.9 Å². The van der Waals surface area contributed by atoms with Gasteiger partial charge in [0.05, 0.1) is 6.07 Å². The average Bonchev–Trinajstić information content (AvgIpc) is 2.03. The third-order valence-electron chi connectivity index (χ3n) is 1.24. The molecule has 0 aliphatic heterocycles. The van der Waals surface area contributed by atoms with E-state index in [0.717, 1.165) is 10.0 Å². The molecule has 0 saturated heterocycles. The highest BCUT2D eigenvalue weighted by molar-refractivity contribution is 9.10. The van der Waals surface area contributed by atoms with Crippen molar-refractivity contribution in [2.75, 3.05) is 0 Å². The van der Waals surface area contributed by atoms with Crippen molar-refractivity contribution in [1.29, 1.82) is 5.26 Å². The minimum Gasteiger partial charge on any atom is -0.193 e. The SMILES string of the molecule is N#C/C=C\c1ccccc1Br. The van der Waals surface area contributed by atoms with E-state index in [1.165, 1.54) is 6.08 Å². The van der Waals surface area contributed by atoms with Crippen LogP contribution in [0, 0.1) is 11.3 Å². The summed E-state index contributed by atoms with van der Waals surface area (Å²) < 4.78 is 1.01. The minimum atomic E-state index is 1.01. The third kappa shape index (κ3) is 2.21. The standard InChI is InChI=1S/C9H6BrN/c10-9-6-2-1-4-8(9)5-3-7-11/h1-6H/b5-3-. The van der Waals surface area contributed by atoms with Gasteiger partial charge in [-0.3, -0.25) is 0 Å². The fourth-order valence-electron chi connectivity index (χ4n) is 0.737. The Morgan fingerprint density at radius 2 is 2.09 bits per heavy atom. The highest BCUT2D eigenvalue weighted by Crippen LogP contribution is 2.16. The van der Waals surface area contributed by atoms with Crippen molar-refractivity contribution < 1.29 is 0 Å². The molecule has 1 aromatic carbocycles. The van der Waals surface area contributed by atoms with E-state index in [0.29, 0.717) is 0 Å². The first kappa shape index (κ1) is 8.03. The largest absolute Gasteiger partial charge is 0.193 e. The van der Waals surface area contributed by atoms with Crippen molar-refractivity contribution in [2.45, 2.75) is 0 Å². The van der Waals surface area contributed by atoms with Gasteiger partial charge in [-0.25, -0.2) is 0 Å². The van der Waals surface area contributed by atoms with E-state index in [1.54, 1.807) is 6.08 Å². The van der Waals surface area contributed by atoms with Gasteiger partial charge < -0.3 is 0 Å². The Balaban J connectivity index is 2.97. The molecule has 0 spiro atoms. The van der Waals surface area contributed by atoms with Gasteiger partial charge >= 0.3 is 0 Å². The number of nitrogens with zero attached hydrogens (tertiary/aromatic N) is 1. The van der Waals surface area contributed by atoms with E-state index >= 15 is 0 Å². The summed E-state index contributed by atoms with van der Waals surface area (Å²) in [6, 6.07) is 9.70. The average molecular weight is 208 g/mol. The Bertz CT molecular complexity index is 310. The highest BCUT2D eigenvalue weighted by atomic mass is 79.9. The molecular weight excluding hydrogens is 202 g/mol. The summed E-state index contributed by atoms with van der Waals surface area (Å²) in [6.07, 6.45) is 3.23. The molecule has 0 unspecified atom stereocenters. The molecule has 0 atom stereocenters. The predicted molar refractivity (Wildman–Crippen MR) is 48.8 cm³/mol. The first-order valence-corrected chi connectivity index (χ1v) is 3.94. The smallest absolute Gasteiger partial charge is 0.0912 e. The van der Waals surface area contributed by atoms with Gasteiger partial charge in [-0.2, -0.15) is 5.26 Å². The van der Waals surface area contributed by atoms with Gasteiger partial charge in [-0.1, -0.05) is 34.1 Å². The fourth-order valence-corrected chi connectivity index (χ4v) is 1.15. The summed E-state index contributed by atoms with van der Waals surface area (Å²) in [7, 11) is 0. The first-order valence-electron chi connectivity index (χ1n) is 3.15. The monoisotopic (exact) mass is 207 g/mol. The van der Waals surface area contributed by atoms with Gasteiger partial charge in [0.1, 0.15) is 0 Å². The predicted octanol–water partition coefficient (Wildman–Crippen LogP) is 2.99. The third-order valence-corrected chi connectivity index (χ3v) is 1.96. The van der Waals surface area contributed by atoms with Crippen LogP contribution in [0.5, 0.6) is 0 Å². The number of rotatable bonds is 1. The van der Waals surface area contributed by atoms with E-state index in [2.05, 4.69) is 15.9 Å². The van der Waals surface area contributed by atoms with E-state index < -0.39 is 0 Å². The molecule has 0 amide bonds. The summed E-state index contributed by atoms with van der Waals surface area (Å²) in [5, 5.41) is 8.27. The summed E-state index contributed by atoms with van der Waals surface area (Å²) in [4.78, 5) is 0. The van der Waals surface area contributed by atoms with E-state index in [1.807, 2.05) is 30.3 Å². The highest BCUT2D eigenvalue weighted by Gasteiger charge is 1.90. The molecule has 0 radical (unpaired) electrons. The quantitative estimate of drug-likeness (QED) is 0.650. The first-order chi connectivity index (χ1) is 5.34. The van der Waals surface area contributed by atoms with Crippen LogP contribution in [-0.2, 0) is 0 Å². The summed E-state index contributed by atoms with van der Waals surface area (Å²) in [5.41, 5.74) is 1.02. The lowest BCUT2D eigenvalue weighted by molar-refractivity contribution is 1.53. The van der Waals surface area contributed by atoms with Crippen LogP contribution in [0.2, 0.25) is 0 Å². The Hall–Kier alpha value is -1.07. The Morgan fingerprint density at radius 1 is 1.36 bits per heavy atom. The Kier molecular flexibility index (Phi) is 2.88. The summed E-state index contributed by atoms with van der Waals surface area (Å²) >= 11 is 3.37. The minimum absolute atomic E-state index is 1.01. The van der Waals surface area contributed by atoms with Crippen molar-refractivity contribution in [2.24, 2.45) is 0 Å². The molecule has 1 aromatic rings. The number of hydrogen-bond donors (Lipinski definition) is 0. The molecule has 0 heterocycles. The zero-order valence-corrected chi connectivity index (χ0v) is 7.38. The second-order valence-corrected chi connectivity index (χ2v) is 2.84. The van der Waals surface area contributed by atoms with Gasteiger partial charge in [0, 0.05) is 10.5 Å². The number of hydrogen-bond acceptors (Lipinski definition) is 1. The fraction of sp³-hybridized carbons (Fsp3) is 0. The second kappa shape index (κ2) is 3.95. The number of nitriles is 1. The van der Waals surface area contributed by atoms with Crippen LogP contribution in [0.25, 0.3) is 6.08 Å². The van der Waals surface area contributed by atoms with Crippen molar-refractivity contribution in [3.63, 3.8) is 0 Å². The number of benzene rings is 1. The van der Waals surface area contributed by atoms with Crippen molar-refractivity contribution in [3.8, 4) is 6.07 Å². The molecular formula is C9H6BrN. The maximum Gasteiger partial charge on any atom is 0.0912 e. The van der Waals surface area contributed by atoms with Crippen LogP contribution in [0.15, 0.2) is 34.8 Å². The maximum atomic E-state index is 8.27. The molecule has 0 aromatic heterocycles. The van der Waals surface area contributed by atoms with Crippen LogP contribution in [0.1, 0.15) is 5.56 Å². The molecule has 2 heteroatoms. The summed E-state index contributed by atoms with van der Waals surface area (Å²) in [6.45, 7) is 0. The van der Waals surface area contributed by atoms with E-state index in [-0.39, 0.29) is 0 Å². The molecule has 0 fully saturated rings. The van der Waals surface area contributed by atoms with Gasteiger partial charge in [-0.15, -0.1) is 0 Å². The van der Waals surface area contributed by atoms with E-state index in [9.17, 15) is 0 Å². The normalized spacial score (nSPS) is 9.82. The molecule has 11 heavy (non-hydrogen) atoms. The molecule has 54 valence electrons. The number of allylic oxidation sites excluding steroid dienone is 1. The topological polar surface area (TPSA) is 23.8 Å². The molecule has 0 saturated carbocycles. The van der Waals surface area contributed by atoms with Crippen LogP contribution < -0.4 is 0 Å². The summed E-state index contributed by atoms with van der Waals surface area (Å²) in [5.74, 6) is 0. The van der Waals surface area contributed by atoms with Crippen LogP contribution in [-0.4, -0.2) is 0 Å². The van der Waals surface area contributed by atoms with Gasteiger partial charge in [-0.05, 0) is 17.7 Å². The number of halogens is 1. The maximum absolute atomic E-state index is 8.27. The van der Waals surface area contributed by atoms with Crippen molar-refractivity contribution >= 4 is 22.0 Å². The van der Waals surface area contributed by atoms with E-state index in [4.69, 9.17) is 5.26 Å². The van der Waals surface area contributed by atoms with Gasteiger partial charge in [0.25, 0.3) is 0 Å². The zero-order valence-electron chi connectivity index (χ0n) is 5.79. The van der Waals surface area contributed by atoms with Gasteiger partial charge in [0.15, 0.2) is 0 Å². The molecule has 1 nitrogen and oxygen atoms in total. The van der Waals surface area contributed by atoms with Crippen molar-refractivity contribution in [1.82, 2.24) is 0 Å². The lowest BCUT2D eigenvalue weighted by Gasteiger charge is -1.93. The van der Waals surface area contributed by atoms with Gasteiger partial charge in [0.2, 0.25) is 0 Å². The van der Waals surface area contributed by atoms with Crippen molar-refractivity contribution in [3.05, 3.63) is 40.4 Å². The van der Waals surface area contributed by atoms with Crippen LogP contribution in [0.4, 0.5) is 0 Å². The lowest BCUT2D eigenvalue weighted by Crippen LogP contribution is -1.71. The molecule has 0 aliphatic carbocycles. The molecule has 0 N–H and O–H groups in total. The van der Waals surface area contributed by atoms with Crippen LogP contribution in [0.3, 0.4) is 0 Å². The molecule has 0 bridgehead atoms. The lowest BCUT2D eigenvalue weighted by atomic mass is 10.2. The molecule has 0 aliphatic rings. The Labute approximate surface area is 74.1 Å². The Morgan fingerprint density at radius 3 is 2.73 bits per heavy atom. The molecule has 1 rings (SSSR count). The zero-order chi connectivity index (χ0) is 8.10. The second-order valence-electron chi connectivity index (χ2n) is 1.98.